The fourth-order valence-corrected chi connectivity index (χ4v) is 2.95. The molecule has 17 heavy (non-hydrogen) atoms. The summed E-state index contributed by atoms with van der Waals surface area (Å²) >= 11 is 1.50. The van der Waals surface area contributed by atoms with Gasteiger partial charge in [-0.15, -0.1) is 11.3 Å². The number of H-pyrrole nitrogens is 1. The molecule has 2 aromatic heterocycles. The summed E-state index contributed by atoms with van der Waals surface area (Å²) in [4.78, 5) is 0.918. The van der Waals surface area contributed by atoms with Crippen molar-refractivity contribution < 1.29 is 8.42 Å². The molecule has 1 unspecified atom stereocenters. The molecule has 2 heterocycles. The smallest absolute Gasteiger partial charge is 0.155 e. The van der Waals surface area contributed by atoms with Crippen LogP contribution < -0.4 is 5.73 Å². The van der Waals surface area contributed by atoms with Crippen LogP contribution in [0.4, 0.5) is 5.82 Å². The van der Waals surface area contributed by atoms with Gasteiger partial charge >= 0.3 is 0 Å². The highest BCUT2D eigenvalue weighted by molar-refractivity contribution is 7.90. The summed E-state index contributed by atoms with van der Waals surface area (Å²) in [6, 6.07) is 3.78. The molecule has 0 saturated heterocycles. The molecule has 3 N–H and O–H groups in total. The van der Waals surface area contributed by atoms with E-state index >= 15 is 0 Å². The first-order chi connectivity index (χ1) is 7.91. The van der Waals surface area contributed by atoms with Crippen molar-refractivity contribution in [2.75, 3.05) is 12.0 Å². The molecular weight excluding hydrogens is 258 g/mol. The molecule has 92 valence electrons. The van der Waals surface area contributed by atoms with E-state index < -0.39 is 15.1 Å². The fourth-order valence-electron chi connectivity index (χ4n) is 1.56. The van der Waals surface area contributed by atoms with Crippen LogP contribution in [-0.4, -0.2) is 24.9 Å². The fraction of sp³-hybridized carbons (Fsp3) is 0.300. The number of aromatic amines is 1. The quantitative estimate of drug-likeness (QED) is 0.891. The second kappa shape index (κ2) is 4.15. The van der Waals surface area contributed by atoms with Gasteiger partial charge in [0, 0.05) is 11.1 Å². The Morgan fingerprint density at radius 3 is 2.76 bits per heavy atom. The van der Waals surface area contributed by atoms with Gasteiger partial charge in [0.15, 0.2) is 15.7 Å². The number of rotatable bonds is 3. The summed E-state index contributed by atoms with van der Waals surface area (Å²) in [6.07, 6.45) is 1.20. The van der Waals surface area contributed by atoms with E-state index in [2.05, 4.69) is 10.2 Å². The van der Waals surface area contributed by atoms with Crippen LogP contribution in [0, 0.1) is 0 Å². The Morgan fingerprint density at radius 1 is 1.53 bits per heavy atom. The van der Waals surface area contributed by atoms with Gasteiger partial charge in [-0.25, -0.2) is 8.42 Å². The van der Waals surface area contributed by atoms with Crippen molar-refractivity contribution in [3.63, 3.8) is 0 Å². The molecular formula is C10H13N3O2S2. The van der Waals surface area contributed by atoms with Crippen LogP contribution in [0.15, 0.2) is 17.5 Å². The van der Waals surface area contributed by atoms with Crippen LogP contribution in [-0.2, 0) is 9.84 Å². The second-order valence-corrected chi connectivity index (χ2v) is 7.16. The van der Waals surface area contributed by atoms with Gasteiger partial charge in [-0.2, -0.15) is 5.10 Å². The molecule has 0 amide bonds. The van der Waals surface area contributed by atoms with Gasteiger partial charge in [-0.3, -0.25) is 5.10 Å². The Morgan fingerprint density at radius 2 is 2.24 bits per heavy atom. The van der Waals surface area contributed by atoms with Gasteiger partial charge in [0.05, 0.1) is 11.3 Å². The Balaban J connectivity index is 2.58. The van der Waals surface area contributed by atoms with E-state index in [-0.39, 0.29) is 0 Å². The summed E-state index contributed by atoms with van der Waals surface area (Å²) in [5, 5.41) is 7.89. The number of hydrogen-bond acceptors (Lipinski definition) is 5. The Hall–Kier alpha value is -1.34. The second-order valence-electron chi connectivity index (χ2n) is 3.85. The van der Waals surface area contributed by atoms with E-state index in [1.807, 2.05) is 17.5 Å². The third kappa shape index (κ3) is 2.20. The van der Waals surface area contributed by atoms with Crippen molar-refractivity contribution in [1.29, 1.82) is 0 Å². The maximum atomic E-state index is 11.6. The summed E-state index contributed by atoms with van der Waals surface area (Å²) < 4.78 is 23.2. The molecule has 2 rings (SSSR count). The van der Waals surface area contributed by atoms with Crippen molar-refractivity contribution >= 4 is 27.0 Å². The van der Waals surface area contributed by atoms with E-state index in [0.717, 1.165) is 4.88 Å². The van der Waals surface area contributed by atoms with Gasteiger partial charge < -0.3 is 5.73 Å². The van der Waals surface area contributed by atoms with Gasteiger partial charge in [-0.1, -0.05) is 6.07 Å². The highest BCUT2D eigenvalue weighted by atomic mass is 32.2. The minimum atomic E-state index is -3.18. The largest absolute Gasteiger partial charge is 0.382 e. The number of nitrogen functional groups attached to an aromatic ring is 1. The number of nitrogens with one attached hydrogen (secondary N) is 1. The molecule has 2 aromatic rings. The van der Waals surface area contributed by atoms with Crippen LogP contribution in [0.3, 0.4) is 0 Å². The lowest BCUT2D eigenvalue weighted by Crippen LogP contribution is -2.09. The number of thiophene rings is 1. The molecule has 0 aliphatic carbocycles. The molecule has 0 aliphatic heterocycles. The molecule has 7 heteroatoms. The van der Waals surface area contributed by atoms with E-state index in [0.29, 0.717) is 17.1 Å². The van der Waals surface area contributed by atoms with E-state index in [9.17, 15) is 8.42 Å². The number of sulfone groups is 1. The average Bonchev–Trinajstić information content (AvgIpc) is 2.83. The molecule has 0 bridgehead atoms. The molecule has 1 atom stereocenters. The maximum Gasteiger partial charge on any atom is 0.155 e. The minimum Gasteiger partial charge on any atom is -0.382 e. The summed E-state index contributed by atoms with van der Waals surface area (Å²) in [5.41, 5.74) is 7.02. The lowest BCUT2D eigenvalue weighted by atomic mass is 10.1. The molecule has 0 fully saturated rings. The van der Waals surface area contributed by atoms with Crippen molar-refractivity contribution in [3.8, 4) is 10.4 Å². The van der Waals surface area contributed by atoms with E-state index in [4.69, 9.17) is 5.73 Å². The topological polar surface area (TPSA) is 88.8 Å². The molecule has 5 nitrogen and oxygen atoms in total. The minimum absolute atomic E-state index is 0.331. The normalized spacial score (nSPS) is 13.8. The SMILES string of the molecule is CC(c1[nH]nc(N)c1-c1cccs1)S(C)(=O)=O. The van der Waals surface area contributed by atoms with Crippen LogP contribution in [0.25, 0.3) is 10.4 Å². The number of nitrogens with zero attached hydrogens (tertiary/aromatic N) is 1. The first-order valence-electron chi connectivity index (χ1n) is 4.97. The lowest BCUT2D eigenvalue weighted by Gasteiger charge is -2.09. The standard InChI is InChI=1S/C10H13N3O2S2/c1-6(17(2,14)15)9-8(10(11)13-12-9)7-4-3-5-16-7/h3-6H,1-2H3,(H3,11,12,13). The highest BCUT2D eigenvalue weighted by Gasteiger charge is 2.25. The van der Waals surface area contributed by atoms with Gasteiger partial charge in [0.25, 0.3) is 0 Å². The first kappa shape index (κ1) is 12.1. The molecule has 0 aliphatic rings. The zero-order valence-corrected chi connectivity index (χ0v) is 11.1. The predicted octanol–water partition coefficient (Wildman–Crippen LogP) is 1.83. The van der Waals surface area contributed by atoms with Crippen molar-refractivity contribution in [2.24, 2.45) is 0 Å². The van der Waals surface area contributed by atoms with Crippen LogP contribution in [0.5, 0.6) is 0 Å². The summed E-state index contributed by atoms with van der Waals surface area (Å²) in [5.74, 6) is 0.331. The Kier molecular flexibility index (Phi) is 2.96. The zero-order chi connectivity index (χ0) is 12.6. The number of nitrogens with two attached hydrogens (primary N) is 1. The third-order valence-electron chi connectivity index (χ3n) is 2.64. The molecule has 0 aromatic carbocycles. The van der Waals surface area contributed by atoms with Gasteiger partial charge in [0.1, 0.15) is 5.25 Å². The van der Waals surface area contributed by atoms with Crippen LogP contribution >= 0.6 is 11.3 Å². The third-order valence-corrected chi connectivity index (χ3v) is 5.05. The molecule has 0 spiro atoms. The Bertz CT molecular complexity index is 614. The number of aromatic nitrogens is 2. The van der Waals surface area contributed by atoms with Crippen molar-refractivity contribution in [1.82, 2.24) is 10.2 Å². The predicted molar refractivity (Wildman–Crippen MR) is 69.6 cm³/mol. The zero-order valence-electron chi connectivity index (χ0n) is 9.47. The van der Waals surface area contributed by atoms with Crippen LogP contribution in [0.1, 0.15) is 17.9 Å². The summed E-state index contributed by atoms with van der Waals surface area (Å²) in [7, 11) is -3.18. The van der Waals surface area contributed by atoms with Crippen molar-refractivity contribution in [3.05, 3.63) is 23.2 Å². The maximum absolute atomic E-state index is 11.6. The van der Waals surface area contributed by atoms with Crippen LogP contribution in [0.2, 0.25) is 0 Å². The first-order valence-corrected chi connectivity index (χ1v) is 7.81. The van der Waals surface area contributed by atoms with E-state index in [1.54, 1.807) is 6.92 Å². The monoisotopic (exact) mass is 271 g/mol. The number of anilines is 1. The molecule has 0 radical (unpaired) electrons. The Labute approximate surface area is 104 Å². The van der Waals surface area contributed by atoms with Gasteiger partial charge in [0.2, 0.25) is 0 Å². The van der Waals surface area contributed by atoms with Crippen molar-refractivity contribution in [2.45, 2.75) is 12.2 Å². The molecule has 0 saturated carbocycles. The lowest BCUT2D eigenvalue weighted by molar-refractivity contribution is 0.591. The summed E-state index contributed by atoms with van der Waals surface area (Å²) in [6.45, 7) is 1.62. The van der Waals surface area contributed by atoms with E-state index in [1.165, 1.54) is 17.6 Å². The highest BCUT2D eigenvalue weighted by Crippen LogP contribution is 2.36. The van der Waals surface area contributed by atoms with Gasteiger partial charge in [-0.05, 0) is 18.4 Å². The number of hydrogen-bond donors (Lipinski definition) is 2. The average molecular weight is 271 g/mol.